The molecule has 2 atom stereocenters. The van der Waals surface area contributed by atoms with Crippen molar-refractivity contribution in [3.63, 3.8) is 0 Å². The molecule has 0 fully saturated rings. The minimum Gasteiger partial charge on any atom is -0.489 e. The second kappa shape index (κ2) is 8.45. The molecule has 0 saturated carbocycles. The van der Waals surface area contributed by atoms with Crippen molar-refractivity contribution in [2.45, 2.75) is 39.0 Å². The predicted molar refractivity (Wildman–Crippen MR) is 92.0 cm³/mol. The fraction of sp³-hybridized carbons (Fsp3) is 0.316. The van der Waals surface area contributed by atoms with Gasteiger partial charge in [-0.25, -0.2) is 4.39 Å². The van der Waals surface area contributed by atoms with Gasteiger partial charge in [0.1, 0.15) is 18.2 Å². The van der Waals surface area contributed by atoms with Gasteiger partial charge in [0.2, 0.25) is 5.91 Å². The van der Waals surface area contributed by atoms with Gasteiger partial charge in [-0.15, -0.1) is 0 Å². The number of benzene rings is 2. The van der Waals surface area contributed by atoms with E-state index in [0.29, 0.717) is 13.0 Å². The molecule has 2 unspecified atom stereocenters. The number of amides is 1. The smallest absolute Gasteiger partial charge is 0.222 e. The molecule has 0 aliphatic heterocycles. The van der Waals surface area contributed by atoms with E-state index in [-0.39, 0.29) is 23.8 Å². The summed E-state index contributed by atoms with van der Waals surface area (Å²) in [6, 6.07) is 13.5. The van der Waals surface area contributed by atoms with Crippen LogP contribution in [0.15, 0.2) is 48.5 Å². The van der Waals surface area contributed by atoms with Crippen molar-refractivity contribution >= 4 is 5.91 Å². The predicted octanol–water partition coefficient (Wildman–Crippen LogP) is 3.32. The molecule has 0 radical (unpaired) electrons. The first-order valence-corrected chi connectivity index (χ1v) is 7.96. The number of nitrogens with two attached hydrogens (primary N) is 1. The number of nitrogens with one attached hydrogen (secondary N) is 1. The van der Waals surface area contributed by atoms with Gasteiger partial charge in [0.25, 0.3) is 0 Å². The van der Waals surface area contributed by atoms with Gasteiger partial charge in [-0.05, 0) is 49.2 Å². The van der Waals surface area contributed by atoms with Crippen molar-refractivity contribution in [1.29, 1.82) is 0 Å². The van der Waals surface area contributed by atoms with Crippen LogP contribution in [0, 0.1) is 5.82 Å². The van der Waals surface area contributed by atoms with Crippen LogP contribution < -0.4 is 15.8 Å². The summed E-state index contributed by atoms with van der Waals surface area (Å²) in [7, 11) is 0. The summed E-state index contributed by atoms with van der Waals surface area (Å²) in [5, 5.41) is 2.91. The van der Waals surface area contributed by atoms with Crippen LogP contribution in [0.1, 0.15) is 37.4 Å². The summed E-state index contributed by atoms with van der Waals surface area (Å²) >= 11 is 0. The Morgan fingerprint density at radius 3 is 2.33 bits per heavy atom. The normalized spacial score (nSPS) is 13.2. The van der Waals surface area contributed by atoms with E-state index >= 15 is 0 Å². The highest BCUT2D eigenvalue weighted by Gasteiger charge is 2.11. The molecular weight excluding hydrogens is 307 g/mol. The van der Waals surface area contributed by atoms with Crippen LogP contribution in [0.3, 0.4) is 0 Å². The van der Waals surface area contributed by atoms with E-state index in [2.05, 4.69) is 5.32 Å². The molecule has 2 aromatic rings. The maximum Gasteiger partial charge on any atom is 0.222 e. The molecule has 0 bridgehead atoms. The van der Waals surface area contributed by atoms with Crippen LogP contribution in [0.5, 0.6) is 5.75 Å². The molecule has 0 aromatic heterocycles. The van der Waals surface area contributed by atoms with Crippen LogP contribution in [0.25, 0.3) is 0 Å². The number of carbonyl (C=O) groups is 1. The van der Waals surface area contributed by atoms with Crippen molar-refractivity contribution in [2.75, 3.05) is 0 Å². The van der Waals surface area contributed by atoms with Crippen LogP contribution in [0.2, 0.25) is 0 Å². The summed E-state index contributed by atoms with van der Waals surface area (Å²) < 4.78 is 18.5. The van der Waals surface area contributed by atoms with Crippen LogP contribution in [0.4, 0.5) is 4.39 Å². The largest absolute Gasteiger partial charge is 0.489 e. The van der Waals surface area contributed by atoms with E-state index in [4.69, 9.17) is 10.5 Å². The molecule has 4 nitrogen and oxygen atoms in total. The van der Waals surface area contributed by atoms with E-state index in [1.165, 1.54) is 12.1 Å². The molecule has 0 spiro atoms. The third-order valence-electron chi connectivity index (χ3n) is 3.58. The number of halogens is 1. The lowest BCUT2D eigenvalue weighted by molar-refractivity contribution is -0.122. The standard InChI is InChI=1S/C19H23FN2O2/c1-13(21)11-19(23)22-14(2)16-5-9-18(10-6-16)24-12-15-3-7-17(20)8-4-15/h3-10,13-14H,11-12,21H2,1-2H3,(H,22,23). The fourth-order valence-corrected chi connectivity index (χ4v) is 2.28. The van der Waals surface area contributed by atoms with Gasteiger partial charge in [-0.1, -0.05) is 24.3 Å². The Balaban J connectivity index is 1.87. The lowest BCUT2D eigenvalue weighted by Crippen LogP contribution is -2.31. The third-order valence-corrected chi connectivity index (χ3v) is 3.58. The number of rotatable bonds is 7. The lowest BCUT2D eigenvalue weighted by atomic mass is 10.1. The molecule has 3 N–H and O–H groups in total. The van der Waals surface area contributed by atoms with Crippen LogP contribution >= 0.6 is 0 Å². The van der Waals surface area contributed by atoms with Gasteiger partial charge in [-0.2, -0.15) is 0 Å². The molecule has 0 saturated heterocycles. The molecule has 0 aliphatic rings. The van der Waals surface area contributed by atoms with E-state index in [9.17, 15) is 9.18 Å². The van der Waals surface area contributed by atoms with Gasteiger partial charge < -0.3 is 15.8 Å². The van der Waals surface area contributed by atoms with E-state index in [0.717, 1.165) is 16.9 Å². The monoisotopic (exact) mass is 330 g/mol. The molecule has 2 rings (SSSR count). The number of hydrogen-bond donors (Lipinski definition) is 2. The van der Waals surface area contributed by atoms with Gasteiger partial charge >= 0.3 is 0 Å². The van der Waals surface area contributed by atoms with Crippen molar-refractivity contribution in [3.8, 4) is 5.75 Å². The highest BCUT2D eigenvalue weighted by molar-refractivity contribution is 5.76. The van der Waals surface area contributed by atoms with Crippen molar-refractivity contribution < 1.29 is 13.9 Å². The van der Waals surface area contributed by atoms with Gasteiger partial charge in [0, 0.05) is 12.5 Å². The SMILES string of the molecule is CC(N)CC(=O)NC(C)c1ccc(OCc2ccc(F)cc2)cc1. The summed E-state index contributed by atoms with van der Waals surface area (Å²) in [5.41, 5.74) is 7.51. The van der Waals surface area contributed by atoms with Crippen molar-refractivity contribution in [3.05, 3.63) is 65.5 Å². The molecule has 1 amide bonds. The second-order valence-corrected chi connectivity index (χ2v) is 5.95. The summed E-state index contributed by atoms with van der Waals surface area (Å²) in [4.78, 5) is 11.7. The summed E-state index contributed by atoms with van der Waals surface area (Å²) in [6.45, 7) is 4.10. The Bertz CT molecular complexity index is 654. The number of hydrogen-bond acceptors (Lipinski definition) is 3. The number of ether oxygens (including phenoxy) is 1. The van der Waals surface area contributed by atoms with Gasteiger partial charge in [0.05, 0.1) is 6.04 Å². The summed E-state index contributed by atoms with van der Waals surface area (Å²) in [5.74, 6) is 0.398. The highest BCUT2D eigenvalue weighted by atomic mass is 19.1. The molecular formula is C19H23FN2O2. The number of carbonyl (C=O) groups excluding carboxylic acids is 1. The van der Waals surface area contributed by atoms with Crippen LogP contribution in [-0.4, -0.2) is 11.9 Å². The zero-order valence-corrected chi connectivity index (χ0v) is 14.0. The first-order valence-electron chi connectivity index (χ1n) is 7.96. The molecule has 128 valence electrons. The average molecular weight is 330 g/mol. The Kier molecular flexibility index (Phi) is 6.32. The maximum absolute atomic E-state index is 12.9. The Morgan fingerprint density at radius 2 is 1.75 bits per heavy atom. The van der Waals surface area contributed by atoms with Crippen molar-refractivity contribution in [2.24, 2.45) is 5.73 Å². The van der Waals surface area contributed by atoms with E-state index < -0.39 is 0 Å². The highest BCUT2D eigenvalue weighted by Crippen LogP contribution is 2.19. The zero-order chi connectivity index (χ0) is 17.5. The third kappa shape index (κ3) is 5.66. The van der Waals surface area contributed by atoms with E-state index in [1.807, 2.05) is 31.2 Å². The Hall–Kier alpha value is -2.40. The molecule has 24 heavy (non-hydrogen) atoms. The van der Waals surface area contributed by atoms with Crippen LogP contribution in [-0.2, 0) is 11.4 Å². The zero-order valence-electron chi connectivity index (χ0n) is 14.0. The summed E-state index contributed by atoms with van der Waals surface area (Å²) in [6.07, 6.45) is 0.309. The minimum absolute atomic E-state index is 0.0610. The quantitative estimate of drug-likeness (QED) is 0.818. The first-order chi connectivity index (χ1) is 11.4. The van der Waals surface area contributed by atoms with Crippen molar-refractivity contribution in [1.82, 2.24) is 5.32 Å². The Labute approximate surface area is 141 Å². The lowest BCUT2D eigenvalue weighted by Gasteiger charge is -2.16. The van der Waals surface area contributed by atoms with Gasteiger partial charge in [0.15, 0.2) is 0 Å². The Morgan fingerprint density at radius 1 is 1.12 bits per heavy atom. The van der Waals surface area contributed by atoms with E-state index in [1.54, 1.807) is 19.1 Å². The fourth-order valence-electron chi connectivity index (χ4n) is 2.28. The molecule has 5 heteroatoms. The topological polar surface area (TPSA) is 64.4 Å². The maximum atomic E-state index is 12.9. The molecule has 2 aromatic carbocycles. The molecule has 0 aliphatic carbocycles. The minimum atomic E-state index is -0.261. The average Bonchev–Trinajstić information content (AvgIpc) is 2.54. The van der Waals surface area contributed by atoms with Gasteiger partial charge in [-0.3, -0.25) is 4.79 Å². The molecule has 0 heterocycles. The first kappa shape index (κ1) is 17.9. The second-order valence-electron chi connectivity index (χ2n) is 5.95.